The topological polar surface area (TPSA) is 112 Å². The van der Waals surface area contributed by atoms with E-state index in [1.54, 1.807) is 6.92 Å². The molecule has 0 saturated heterocycles. The zero-order valence-corrected chi connectivity index (χ0v) is 23.0. The first-order valence-corrected chi connectivity index (χ1v) is 14.2. The van der Waals surface area contributed by atoms with Crippen molar-refractivity contribution < 1.29 is 29.7 Å². The van der Waals surface area contributed by atoms with Crippen LogP contribution in [0.4, 0.5) is 0 Å². The molecule has 5 aliphatic carbocycles. The molecule has 36 heavy (non-hydrogen) atoms. The number of carbonyl (C=O) groups excluding carboxylic acids is 1. The van der Waals surface area contributed by atoms with E-state index in [2.05, 4.69) is 27.7 Å². The predicted molar refractivity (Wildman–Crippen MR) is 135 cm³/mol. The number of carbonyl (C=O) groups is 3. The van der Waals surface area contributed by atoms with E-state index in [-0.39, 0.29) is 45.7 Å². The first-order valence-electron chi connectivity index (χ1n) is 14.2. The van der Waals surface area contributed by atoms with Crippen LogP contribution in [0.1, 0.15) is 106 Å². The van der Waals surface area contributed by atoms with Crippen LogP contribution in [0.25, 0.3) is 0 Å². The van der Waals surface area contributed by atoms with Crippen LogP contribution in [0.5, 0.6) is 0 Å². The lowest BCUT2D eigenvalue weighted by atomic mass is 9.30. The van der Waals surface area contributed by atoms with Crippen molar-refractivity contribution in [2.45, 2.75) is 112 Å². The predicted octanol–water partition coefficient (Wildman–Crippen LogP) is 5.56. The van der Waals surface area contributed by atoms with E-state index >= 15 is 0 Å². The number of carboxylic acid groups (broad SMARTS) is 2. The van der Waals surface area contributed by atoms with Crippen molar-refractivity contribution in [1.82, 2.24) is 0 Å². The quantitative estimate of drug-likeness (QED) is 0.456. The third-order valence-corrected chi connectivity index (χ3v) is 13.9. The van der Waals surface area contributed by atoms with Gasteiger partial charge in [-0.1, -0.05) is 34.6 Å². The number of carboxylic acids is 2. The SMILES string of the molecule is C[C@H]1C(=O)[C@H](O)CC2[C@]3(C)CC[C@@]4(C)C5C[C@](C)(C(=O)O)CC[C@]5(C)CC[C@]4(C)C3CC[C@@]21C(=O)O. The van der Waals surface area contributed by atoms with Crippen LogP contribution < -0.4 is 0 Å². The van der Waals surface area contributed by atoms with Crippen molar-refractivity contribution in [2.75, 3.05) is 0 Å². The van der Waals surface area contributed by atoms with Crippen molar-refractivity contribution in [3.63, 3.8) is 0 Å². The van der Waals surface area contributed by atoms with Crippen LogP contribution in [0.3, 0.4) is 0 Å². The number of aliphatic carboxylic acids is 2. The number of hydrogen-bond donors (Lipinski definition) is 3. The summed E-state index contributed by atoms with van der Waals surface area (Å²) in [5.74, 6) is -2.20. The number of Topliss-reactive ketones (excluding diaryl/α,β-unsaturated/α-hetero) is 1. The number of fused-ring (bicyclic) bond motifs is 7. The van der Waals surface area contributed by atoms with Crippen LogP contribution >= 0.6 is 0 Å². The lowest BCUT2D eigenvalue weighted by molar-refractivity contribution is -0.262. The second-order valence-corrected chi connectivity index (χ2v) is 15.0. The van der Waals surface area contributed by atoms with Gasteiger partial charge in [0.15, 0.2) is 5.78 Å². The molecule has 11 atom stereocenters. The Morgan fingerprint density at radius 2 is 1.36 bits per heavy atom. The highest BCUT2D eigenvalue weighted by atomic mass is 16.4. The Labute approximate surface area is 215 Å². The summed E-state index contributed by atoms with van der Waals surface area (Å²) in [7, 11) is 0. The number of aliphatic hydroxyl groups is 1. The fraction of sp³-hybridized carbons (Fsp3) is 0.900. The molecule has 3 N–H and O–H groups in total. The lowest BCUT2D eigenvalue weighted by Crippen LogP contribution is -2.70. The van der Waals surface area contributed by atoms with Gasteiger partial charge in [0.1, 0.15) is 6.10 Å². The standard InChI is InChI=1S/C30H46O6/c1-17-22(32)18(31)15-20-27(4)12-14-29(6)21-16-26(3,23(33)34)10-9-25(21,2)11-13-28(29,5)19(27)7-8-30(17,20)24(35)36/h17-21,31H,7-16H2,1-6H3,(H,33,34)(H,35,36)/t17-,18+,19?,20?,21?,25+,26+,27+,28+,29-,30-/m0/s1. The van der Waals surface area contributed by atoms with Crippen molar-refractivity contribution in [1.29, 1.82) is 0 Å². The van der Waals surface area contributed by atoms with Crippen molar-refractivity contribution in [3.05, 3.63) is 0 Å². The highest BCUT2D eigenvalue weighted by molar-refractivity contribution is 5.93. The molecule has 0 radical (unpaired) electrons. The van der Waals surface area contributed by atoms with Crippen LogP contribution in [-0.2, 0) is 14.4 Å². The van der Waals surface area contributed by atoms with E-state index < -0.39 is 34.8 Å². The zero-order valence-electron chi connectivity index (χ0n) is 23.0. The normalized spacial score (nSPS) is 56.5. The zero-order chi connectivity index (χ0) is 26.7. The van der Waals surface area contributed by atoms with Gasteiger partial charge in [0.05, 0.1) is 10.8 Å². The highest BCUT2D eigenvalue weighted by Crippen LogP contribution is 2.78. The summed E-state index contributed by atoms with van der Waals surface area (Å²) in [6.45, 7) is 13.1. The molecule has 0 aliphatic heterocycles. The molecule has 0 aromatic heterocycles. The summed E-state index contributed by atoms with van der Waals surface area (Å²) >= 11 is 0. The molecule has 5 aliphatic rings. The van der Waals surface area contributed by atoms with E-state index in [1.165, 1.54) is 0 Å². The van der Waals surface area contributed by atoms with Crippen LogP contribution in [0.2, 0.25) is 0 Å². The van der Waals surface area contributed by atoms with E-state index in [0.717, 1.165) is 44.9 Å². The van der Waals surface area contributed by atoms with Crippen LogP contribution in [-0.4, -0.2) is 39.1 Å². The maximum Gasteiger partial charge on any atom is 0.310 e. The molecule has 6 nitrogen and oxygen atoms in total. The Morgan fingerprint density at radius 1 is 0.778 bits per heavy atom. The Hall–Kier alpha value is -1.43. The molecular formula is C30H46O6. The van der Waals surface area contributed by atoms with Gasteiger partial charge >= 0.3 is 11.9 Å². The molecule has 5 saturated carbocycles. The molecule has 6 heteroatoms. The van der Waals surface area contributed by atoms with E-state index in [9.17, 15) is 29.7 Å². The summed E-state index contributed by atoms with van der Waals surface area (Å²) in [6.07, 6.45) is 6.77. The van der Waals surface area contributed by atoms with E-state index in [1.807, 2.05) is 6.92 Å². The maximum atomic E-state index is 12.9. The Kier molecular flexibility index (Phi) is 5.51. The van der Waals surface area contributed by atoms with Gasteiger partial charge in [-0.15, -0.1) is 0 Å². The Balaban J connectivity index is 1.58. The minimum absolute atomic E-state index is 0.0285. The van der Waals surface area contributed by atoms with Gasteiger partial charge in [-0.2, -0.15) is 0 Å². The average molecular weight is 503 g/mol. The van der Waals surface area contributed by atoms with Crippen molar-refractivity contribution in [3.8, 4) is 0 Å². The van der Waals surface area contributed by atoms with Crippen molar-refractivity contribution in [2.24, 2.45) is 56.2 Å². The monoisotopic (exact) mass is 502 g/mol. The van der Waals surface area contributed by atoms with E-state index in [0.29, 0.717) is 18.8 Å². The summed E-state index contributed by atoms with van der Waals surface area (Å²) in [5.41, 5.74) is -2.01. The van der Waals surface area contributed by atoms with Crippen LogP contribution in [0.15, 0.2) is 0 Å². The minimum Gasteiger partial charge on any atom is -0.481 e. The van der Waals surface area contributed by atoms with Gasteiger partial charge in [-0.05, 0) is 111 Å². The number of ketones is 1. The maximum absolute atomic E-state index is 12.9. The molecule has 0 aromatic rings. The van der Waals surface area contributed by atoms with Gasteiger partial charge in [0.2, 0.25) is 0 Å². The lowest BCUT2D eigenvalue weighted by Gasteiger charge is -2.74. The van der Waals surface area contributed by atoms with Gasteiger partial charge in [0.25, 0.3) is 0 Å². The van der Waals surface area contributed by atoms with Gasteiger partial charge in [-0.3, -0.25) is 14.4 Å². The fourth-order valence-corrected chi connectivity index (χ4v) is 11.2. The molecule has 0 spiro atoms. The number of hydrogen-bond acceptors (Lipinski definition) is 4. The second-order valence-electron chi connectivity index (χ2n) is 15.0. The fourth-order valence-electron chi connectivity index (χ4n) is 11.2. The first kappa shape index (κ1) is 26.2. The summed E-state index contributed by atoms with van der Waals surface area (Å²) in [5, 5.41) is 31.4. The van der Waals surface area contributed by atoms with Gasteiger partial charge < -0.3 is 15.3 Å². The van der Waals surface area contributed by atoms with Gasteiger partial charge in [0, 0.05) is 5.92 Å². The molecule has 5 rings (SSSR count). The third kappa shape index (κ3) is 2.91. The summed E-state index contributed by atoms with van der Waals surface area (Å²) in [4.78, 5) is 38.1. The largest absolute Gasteiger partial charge is 0.481 e. The molecule has 0 heterocycles. The Bertz CT molecular complexity index is 1010. The molecule has 0 aromatic carbocycles. The molecular weight excluding hydrogens is 456 g/mol. The molecule has 202 valence electrons. The average Bonchev–Trinajstić information content (AvgIpc) is 2.81. The summed E-state index contributed by atoms with van der Waals surface area (Å²) < 4.78 is 0. The molecule has 3 unspecified atom stereocenters. The second kappa shape index (κ2) is 7.57. The first-order chi connectivity index (χ1) is 16.5. The van der Waals surface area contributed by atoms with Gasteiger partial charge in [-0.25, -0.2) is 0 Å². The smallest absolute Gasteiger partial charge is 0.310 e. The number of aliphatic hydroxyl groups excluding tert-OH is 1. The number of rotatable bonds is 2. The van der Waals surface area contributed by atoms with E-state index in [4.69, 9.17) is 0 Å². The molecule has 5 fully saturated rings. The van der Waals surface area contributed by atoms with Crippen molar-refractivity contribution >= 4 is 17.7 Å². The summed E-state index contributed by atoms with van der Waals surface area (Å²) in [6, 6.07) is 0. The minimum atomic E-state index is -1.11. The molecule has 0 amide bonds. The highest BCUT2D eigenvalue weighted by Gasteiger charge is 2.73. The third-order valence-electron chi connectivity index (χ3n) is 13.9. The molecule has 0 bridgehead atoms. The Morgan fingerprint density at radius 3 is 1.97 bits per heavy atom. The van der Waals surface area contributed by atoms with Crippen LogP contribution in [0, 0.1) is 56.2 Å².